The number of fused-ring (bicyclic) bond motifs is 1. The number of rotatable bonds is 1. The largest absolute Gasteiger partial charge is 0.256 e. The van der Waals surface area contributed by atoms with Crippen LogP contribution < -0.4 is 0 Å². The fourth-order valence-corrected chi connectivity index (χ4v) is 1.95. The van der Waals surface area contributed by atoms with Gasteiger partial charge in [-0.25, -0.2) is 0 Å². The third kappa shape index (κ3) is 2.27. The lowest BCUT2D eigenvalue weighted by atomic mass is 10.1. The van der Waals surface area contributed by atoms with Crippen molar-refractivity contribution >= 4 is 55.4 Å². The lowest BCUT2D eigenvalue weighted by molar-refractivity contribution is 1.36. The Hall–Kier alpha value is -0.120. The number of hydrogen-bond acceptors (Lipinski definition) is 1. The zero-order valence-corrected chi connectivity index (χ0v) is 11.3. The fraction of sp³-hybridized carbons (Fsp3) is 0.100. The molecular weight excluding hydrogens is 329 g/mol. The average molecular weight is 337 g/mol. The van der Waals surface area contributed by atoms with Crippen molar-refractivity contribution in [2.75, 3.05) is 0 Å². The molecule has 0 amide bonds. The Labute approximate surface area is 106 Å². The number of nitrogens with zero attached hydrogens (tertiary/aromatic N) is 1. The van der Waals surface area contributed by atoms with E-state index in [0.717, 1.165) is 21.3 Å². The third-order valence-corrected chi connectivity index (χ3v) is 2.78. The molecule has 0 atom stereocenters. The summed E-state index contributed by atoms with van der Waals surface area (Å²) in [6.07, 6.45) is 1.80. The predicted molar refractivity (Wildman–Crippen MR) is 69.7 cm³/mol. The molecule has 1 nitrogen and oxygen atoms in total. The minimum Gasteiger partial charge on any atom is -0.256 e. The molecule has 2 aromatic rings. The Kier molecular flexibility index (Phi) is 4.35. The van der Waals surface area contributed by atoms with E-state index in [0.29, 0.717) is 0 Å². The standard InChI is InChI=1S/C10H7BrClN.BrH/c11-6-7-3-4-13-10-5-8(12)1-2-9(7)10;/h1-5H,6H2;1H. The quantitative estimate of drug-likeness (QED) is 0.705. The van der Waals surface area contributed by atoms with Crippen LogP contribution in [0.15, 0.2) is 30.5 Å². The number of aromatic nitrogens is 1. The Morgan fingerprint density at radius 3 is 2.79 bits per heavy atom. The molecule has 1 aromatic heterocycles. The SMILES string of the molecule is Br.Clc1ccc2c(CBr)ccnc2c1. The van der Waals surface area contributed by atoms with Gasteiger partial charge < -0.3 is 0 Å². The number of benzene rings is 1. The van der Waals surface area contributed by atoms with Gasteiger partial charge in [0.15, 0.2) is 0 Å². The first-order chi connectivity index (χ1) is 6.31. The second kappa shape index (κ2) is 5.10. The summed E-state index contributed by atoms with van der Waals surface area (Å²) in [6.45, 7) is 0. The normalized spacial score (nSPS) is 9.86. The van der Waals surface area contributed by atoms with E-state index in [1.165, 1.54) is 5.56 Å². The smallest absolute Gasteiger partial charge is 0.0719 e. The summed E-state index contributed by atoms with van der Waals surface area (Å²) in [5.74, 6) is 0. The second-order valence-corrected chi connectivity index (χ2v) is 3.76. The topological polar surface area (TPSA) is 12.9 Å². The second-order valence-electron chi connectivity index (χ2n) is 2.77. The van der Waals surface area contributed by atoms with Crippen molar-refractivity contribution < 1.29 is 0 Å². The summed E-state index contributed by atoms with van der Waals surface area (Å²) in [4.78, 5) is 4.25. The van der Waals surface area contributed by atoms with Gasteiger partial charge in [-0.2, -0.15) is 0 Å². The molecule has 1 heterocycles. The van der Waals surface area contributed by atoms with Gasteiger partial charge in [0.05, 0.1) is 5.52 Å². The first-order valence-electron chi connectivity index (χ1n) is 3.90. The molecule has 0 saturated carbocycles. The van der Waals surface area contributed by atoms with Gasteiger partial charge >= 0.3 is 0 Å². The monoisotopic (exact) mass is 335 g/mol. The Balaban J connectivity index is 0.000000980. The van der Waals surface area contributed by atoms with Crippen LogP contribution >= 0.6 is 44.5 Å². The van der Waals surface area contributed by atoms with Gasteiger partial charge in [0.2, 0.25) is 0 Å². The Bertz CT molecular complexity index is 445. The van der Waals surface area contributed by atoms with Gasteiger partial charge in [-0.1, -0.05) is 33.6 Å². The molecule has 0 unspecified atom stereocenters. The minimum absolute atomic E-state index is 0. The lowest BCUT2D eigenvalue weighted by Crippen LogP contribution is -1.84. The van der Waals surface area contributed by atoms with Crippen LogP contribution in [0.25, 0.3) is 10.9 Å². The van der Waals surface area contributed by atoms with E-state index in [2.05, 4.69) is 20.9 Å². The fourth-order valence-electron chi connectivity index (χ4n) is 1.30. The van der Waals surface area contributed by atoms with Crippen molar-refractivity contribution in [3.63, 3.8) is 0 Å². The van der Waals surface area contributed by atoms with Crippen LogP contribution in [-0.4, -0.2) is 4.98 Å². The van der Waals surface area contributed by atoms with E-state index in [9.17, 15) is 0 Å². The maximum Gasteiger partial charge on any atom is 0.0719 e. The zero-order valence-electron chi connectivity index (χ0n) is 7.21. The minimum atomic E-state index is 0. The molecule has 0 bridgehead atoms. The zero-order chi connectivity index (χ0) is 9.26. The number of halogens is 3. The molecule has 0 aliphatic rings. The van der Waals surface area contributed by atoms with Gasteiger partial charge in [0.1, 0.15) is 0 Å². The number of alkyl halides is 1. The molecular formula is C10H8Br2ClN. The summed E-state index contributed by atoms with van der Waals surface area (Å²) in [7, 11) is 0. The Morgan fingerprint density at radius 1 is 1.29 bits per heavy atom. The summed E-state index contributed by atoms with van der Waals surface area (Å²) >= 11 is 9.30. The molecule has 0 radical (unpaired) electrons. The van der Waals surface area contributed by atoms with E-state index in [-0.39, 0.29) is 17.0 Å². The predicted octanol–water partition coefficient (Wildman–Crippen LogP) is 4.36. The van der Waals surface area contributed by atoms with Crippen LogP contribution in [0.5, 0.6) is 0 Å². The van der Waals surface area contributed by atoms with Crippen LogP contribution in [0.1, 0.15) is 5.56 Å². The molecule has 4 heteroatoms. The van der Waals surface area contributed by atoms with Gasteiger partial charge in [-0.3, -0.25) is 4.98 Å². The van der Waals surface area contributed by atoms with Crippen molar-refractivity contribution in [2.24, 2.45) is 0 Å². The number of hydrogen-bond donors (Lipinski definition) is 0. The van der Waals surface area contributed by atoms with E-state index >= 15 is 0 Å². The van der Waals surface area contributed by atoms with Crippen molar-refractivity contribution in [2.45, 2.75) is 5.33 Å². The first kappa shape index (κ1) is 12.0. The molecule has 2 rings (SSSR count). The molecule has 0 fully saturated rings. The van der Waals surface area contributed by atoms with E-state index in [1.807, 2.05) is 24.3 Å². The van der Waals surface area contributed by atoms with Crippen molar-refractivity contribution in [1.29, 1.82) is 0 Å². The van der Waals surface area contributed by atoms with Gasteiger partial charge in [0.25, 0.3) is 0 Å². The maximum atomic E-state index is 5.86. The van der Waals surface area contributed by atoms with Crippen LogP contribution in [0, 0.1) is 0 Å². The molecule has 0 N–H and O–H groups in total. The van der Waals surface area contributed by atoms with E-state index in [1.54, 1.807) is 6.20 Å². The highest BCUT2D eigenvalue weighted by molar-refractivity contribution is 9.08. The molecule has 0 aliphatic heterocycles. The van der Waals surface area contributed by atoms with Crippen LogP contribution in [0.2, 0.25) is 5.02 Å². The lowest BCUT2D eigenvalue weighted by Gasteiger charge is -2.02. The molecule has 74 valence electrons. The summed E-state index contributed by atoms with van der Waals surface area (Å²) in [5, 5.41) is 2.73. The number of pyridine rings is 1. The van der Waals surface area contributed by atoms with Crippen LogP contribution in [-0.2, 0) is 5.33 Å². The average Bonchev–Trinajstić information content (AvgIpc) is 2.16. The van der Waals surface area contributed by atoms with Gasteiger partial charge in [-0.05, 0) is 23.8 Å². The highest BCUT2D eigenvalue weighted by Gasteiger charge is 2.00. The molecule has 0 aliphatic carbocycles. The van der Waals surface area contributed by atoms with E-state index < -0.39 is 0 Å². The molecule has 0 spiro atoms. The van der Waals surface area contributed by atoms with E-state index in [4.69, 9.17) is 11.6 Å². The van der Waals surface area contributed by atoms with Crippen molar-refractivity contribution in [1.82, 2.24) is 4.98 Å². The van der Waals surface area contributed by atoms with Crippen LogP contribution in [0.4, 0.5) is 0 Å². The van der Waals surface area contributed by atoms with Crippen molar-refractivity contribution in [3.8, 4) is 0 Å². The van der Waals surface area contributed by atoms with Crippen LogP contribution in [0.3, 0.4) is 0 Å². The highest BCUT2D eigenvalue weighted by atomic mass is 79.9. The Morgan fingerprint density at radius 2 is 2.07 bits per heavy atom. The summed E-state index contributed by atoms with van der Waals surface area (Å²) < 4.78 is 0. The van der Waals surface area contributed by atoms with Gasteiger partial charge in [0, 0.05) is 21.9 Å². The highest BCUT2D eigenvalue weighted by Crippen LogP contribution is 2.21. The first-order valence-corrected chi connectivity index (χ1v) is 5.40. The maximum absolute atomic E-state index is 5.86. The summed E-state index contributed by atoms with van der Waals surface area (Å²) in [6, 6.07) is 7.77. The molecule has 14 heavy (non-hydrogen) atoms. The van der Waals surface area contributed by atoms with Gasteiger partial charge in [-0.15, -0.1) is 17.0 Å². The molecule has 1 aromatic carbocycles. The summed E-state index contributed by atoms with van der Waals surface area (Å²) in [5.41, 5.74) is 2.19. The molecule has 0 saturated heterocycles. The van der Waals surface area contributed by atoms with Crippen molar-refractivity contribution in [3.05, 3.63) is 41.0 Å². The third-order valence-electron chi connectivity index (χ3n) is 1.94.